The second-order valence-corrected chi connectivity index (χ2v) is 6.35. The minimum atomic E-state index is -4.50. The van der Waals surface area contributed by atoms with Crippen molar-refractivity contribution in [3.05, 3.63) is 94.5 Å². The molecule has 0 unspecified atom stereocenters. The number of carbonyl (C=O) groups is 1. The quantitative estimate of drug-likeness (QED) is 0.549. The third-order valence-electron chi connectivity index (χ3n) is 3.91. The Kier molecular flexibility index (Phi) is 5.90. The molecule has 144 valence electrons. The number of nitrogens with one attached hydrogen (secondary N) is 1. The standard InChI is InChI=1S/C21H15ClF3NO2/c22-18-12-16(21(23,24)25)8-11-19(18)26-20(27)15-6-9-17(10-7-15)28-13-14-4-2-1-3-5-14/h1-12H,13H2,(H,26,27). The average molecular weight is 406 g/mol. The Labute approximate surface area is 164 Å². The van der Waals surface area contributed by atoms with Gasteiger partial charge in [0.25, 0.3) is 5.91 Å². The molecule has 0 heterocycles. The lowest BCUT2D eigenvalue weighted by molar-refractivity contribution is -0.137. The summed E-state index contributed by atoms with van der Waals surface area (Å²) >= 11 is 5.86. The van der Waals surface area contributed by atoms with Gasteiger partial charge in [-0.2, -0.15) is 13.2 Å². The van der Waals surface area contributed by atoms with Crippen LogP contribution in [0.5, 0.6) is 5.75 Å². The first-order valence-electron chi connectivity index (χ1n) is 8.28. The van der Waals surface area contributed by atoms with Crippen molar-refractivity contribution < 1.29 is 22.7 Å². The number of rotatable bonds is 5. The summed E-state index contributed by atoms with van der Waals surface area (Å²) in [5.74, 6) is 0.101. The predicted octanol–water partition coefficient (Wildman–Crippen LogP) is 6.19. The van der Waals surface area contributed by atoms with Crippen molar-refractivity contribution in [2.45, 2.75) is 12.8 Å². The van der Waals surface area contributed by atoms with Gasteiger partial charge >= 0.3 is 6.18 Å². The van der Waals surface area contributed by atoms with Crippen LogP contribution in [-0.4, -0.2) is 5.91 Å². The maximum absolute atomic E-state index is 12.7. The van der Waals surface area contributed by atoms with Crippen LogP contribution in [0, 0.1) is 0 Å². The zero-order chi connectivity index (χ0) is 20.1. The Bertz CT molecular complexity index is 958. The number of carbonyl (C=O) groups excluding carboxylic acids is 1. The van der Waals surface area contributed by atoms with Crippen LogP contribution < -0.4 is 10.1 Å². The van der Waals surface area contributed by atoms with Crippen molar-refractivity contribution in [1.29, 1.82) is 0 Å². The Morgan fingerprint density at radius 1 is 0.964 bits per heavy atom. The van der Waals surface area contributed by atoms with Crippen molar-refractivity contribution in [3.63, 3.8) is 0 Å². The van der Waals surface area contributed by atoms with E-state index in [0.29, 0.717) is 17.9 Å². The molecule has 3 rings (SSSR count). The van der Waals surface area contributed by atoms with E-state index in [9.17, 15) is 18.0 Å². The minimum Gasteiger partial charge on any atom is -0.489 e. The summed E-state index contributed by atoms with van der Waals surface area (Å²) in [6, 6.07) is 18.8. The molecule has 3 aromatic carbocycles. The van der Waals surface area contributed by atoms with Crippen LogP contribution in [0.2, 0.25) is 5.02 Å². The highest BCUT2D eigenvalue weighted by Crippen LogP contribution is 2.33. The molecule has 7 heteroatoms. The molecule has 0 fully saturated rings. The number of hydrogen-bond donors (Lipinski definition) is 1. The third-order valence-corrected chi connectivity index (χ3v) is 4.22. The van der Waals surface area contributed by atoms with Crippen LogP contribution in [0.25, 0.3) is 0 Å². The molecule has 3 nitrogen and oxygen atoms in total. The number of ether oxygens (including phenoxy) is 1. The van der Waals surface area contributed by atoms with E-state index in [4.69, 9.17) is 16.3 Å². The molecule has 0 bridgehead atoms. The van der Waals surface area contributed by atoms with Crippen LogP contribution >= 0.6 is 11.6 Å². The molecule has 0 atom stereocenters. The third kappa shape index (κ3) is 5.04. The van der Waals surface area contributed by atoms with E-state index < -0.39 is 17.6 Å². The van der Waals surface area contributed by atoms with E-state index in [-0.39, 0.29) is 10.7 Å². The number of halogens is 4. The molecule has 0 saturated heterocycles. The van der Waals surface area contributed by atoms with Gasteiger partial charge in [0, 0.05) is 5.56 Å². The summed E-state index contributed by atoms with van der Waals surface area (Å²) in [7, 11) is 0. The van der Waals surface area contributed by atoms with Gasteiger partial charge in [-0.1, -0.05) is 41.9 Å². The summed E-state index contributed by atoms with van der Waals surface area (Å²) in [5.41, 5.74) is 0.559. The zero-order valence-corrected chi connectivity index (χ0v) is 15.2. The minimum absolute atomic E-state index is 0.101. The molecule has 0 aliphatic rings. The second kappa shape index (κ2) is 8.35. The van der Waals surface area contributed by atoms with Crippen molar-refractivity contribution >= 4 is 23.2 Å². The van der Waals surface area contributed by atoms with Crippen LogP contribution in [0.4, 0.5) is 18.9 Å². The van der Waals surface area contributed by atoms with E-state index >= 15 is 0 Å². The highest BCUT2D eigenvalue weighted by molar-refractivity contribution is 6.34. The molecular formula is C21H15ClF3NO2. The van der Waals surface area contributed by atoms with Crippen LogP contribution in [0.15, 0.2) is 72.8 Å². The Balaban J connectivity index is 1.63. The largest absolute Gasteiger partial charge is 0.489 e. The van der Waals surface area contributed by atoms with Gasteiger partial charge in [0.1, 0.15) is 12.4 Å². The average Bonchev–Trinajstić information content (AvgIpc) is 2.68. The van der Waals surface area contributed by atoms with Crippen LogP contribution in [0.1, 0.15) is 21.5 Å². The fourth-order valence-corrected chi connectivity index (χ4v) is 2.66. The summed E-state index contributed by atoms with van der Waals surface area (Å²) in [5, 5.41) is 2.31. The normalized spacial score (nSPS) is 11.1. The predicted molar refractivity (Wildman–Crippen MR) is 102 cm³/mol. The van der Waals surface area contributed by atoms with Gasteiger partial charge in [-0.15, -0.1) is 0 Å². The van der Waals surface area contributed by atoms with Gasteiger partial charge in [0.05, 0.1) is 16.3 Å². The molecule has 1 amide bonds. The van der Waals surface area contributed by atoms with Gasteiger partial charge in [-0.25, -0.2) is 0 Å². The molecule has 3 aromatic rings. The van der Waals surface area contributed by atoms with Crippen molar-refractivity contribution in [1.82, 2.24) is 0 Å². The fraction of sp³-hybridized carbons (Fsp3) is 0.0952. The fourth-order valence-electron chi connectivity index (χ4n) is 2.43. The number of hydrogen-bond acceptors (Lipinski definition) is 2. The summed E-state index contributed by atoms with van der Waals surface area (Å²) < 4.78 is 43.7. The molecule has 28 heavy (non-hydrogen) atoms. The lowest BCUT2D eigenvalue weighted by atomic mass is 10.1. The monoisotopic (exact) mass is 405 g/mol. The Hall–Kier alpha value is -2.99. The van der Waals surface area contributed by atoms with E-state index in [2.05, 4.69) is 5.32 Å². The van der Waals surface area contributed by atoms with Gasteiger partial charge < -0.3 is 10.1 Å². The Morgan fingerprint density at radius 2 is 1.64 bits per heavy atom. The molecule has 0 aromatic heterocycles. The second-order valence-electron chi connectivity index (χ2n) is 5.95. The van der Waals surface area contributed by atoms with E-state index in [1.165, 1.54) is 0 Å². The first-order chi connectivity index (χ1) is 13.3. The highest BCUT2D eigenvalue weighted by atomic mass is 35.5. The number of anilines is 1. The highest BCUT2D eigenvalue weighted by Gasteiger charge is 2.31. The number of amides is 1. The van der Waals surface area contributed by atoms with Crippen LogP contribution in [0.3, 0.4) is 0 Å². The molecular weight excluding hydrogens is 391 g/mol. The molecule has 0 aliphatic carbocycles. The topological polar surface area (TPSA) is 38.3 Å². The first-order valence-corrected chi connectivity index (χ1v) is 8.65. The van der Waals surface area contributed by atoms with Gasteiger partial charge in [-0.3, -0.25) is 4.79 Å². The SMILES string of the molecule is O=C(Nc1ccc(C(F)(F)F)cc1Cl)c1ccc(OCc2ccccc2)cc1. The maximum Gasteiger partial charge on any atom is 0.416 e. The Morgan fingerprint density at radius 3 is 2.25 bits per heavy atom. The molecule has 0 saturated carbocycles. The summed E-state index contributed by atoms with van der Waals surface area (Å²) in [6.07, 6.45) is -4.50. The van der Waals surface area contributed by atoms with Gasteiger partial charge in [0.15, 0.2) is 0 Å². The lowest BCUT2D eigenvalue weighted by Crippen LogP contribution is -2.13. The summed E-state index contributed by atoms with van der Waals surface area (Å²) in [4.78, 5) is 12.3. The molecule has 0 radical (unpaired) electrons. The zero-order valence-electron chi connectivity index (χ0n) is 14.5. The van der Waals surface area contributed by atoms with Crippen molar-refractivity contribution in [3.8, 4) is 5.75 Å². The smallest absolute Gasteiger partial charge is 0.416 e. The van der Waals surface area contributed by atoms with Gasteiger partial charge in [-0.05, 0) is 48.0 Å². The van der Waals surface area contributed by atoms with Crippen molar-refractivity contribution in [2.75, 3.05) is 5.32 Å². The molecule has 1 N–H and O–H groups in total. The molecule has 0 spiro atoms. The summed E-state index contributed by atoms with van der Waals surface area (Å²) in [6.45, 7) is 0.396. The van der Waals surface area contributed by atoms with E-state index in [0.717, 1.165) is 23.8 Å². The molecule has 0 aliphatic heterocycles. The van der Waals surface area contributed by atoms with E-state index in [1.807, 2.05) is 30.3 Å². The number of alkyl halides is 3. The maximum atomic E-state index is 12.7. The van der Waals surface area contributed by atoms with Gasteiger partial charge in [0.2, 0.25) is 0 Å². The first kappa shape index (κ1) is 19.8. The van der Waals surface area contributed by atoms with Crippen LogP contribution in [-0.2, 0) is 12.8 Å². The van der Waals surface area contributed by atoms with E-state index in [1.54, 1.807) is 24.3 Å². The number of benzene rings is 3. The van der Waals surface area contributed by atoms with Crippen molar-refractivity contribution in [2.24, 2.45) is 0 Å². The lowest BCUT2D eigenvalue weighted by Gasteiger charge is -2.11.